The van der Waals surface area contributed by atoms with Crippen LogP contribution in [0.1, 0.15) is 92.9 Å². The average Bonchev–Trinajstić information content (AvgIpc) is 2.80. The number of unbranched alkanes of at least 4 members (excludes halogenated alkanes) is 4. The molecule has 8 heteroatoms. The van der Waals surface area contributed by atoms with Gasteiger partial charge in [0.1, 0.15) is 0 Å². The lowest BCUT2D eigenvalue weighted by Gasteiger charge is -2.26. The van der Waals surface area contributed by atoms with E-state index in [0.29, 0.717) is 11.5 Å². The second-order valence-electron chi connectivity index (χ2n) is 8.78. The molecule has 0 fully saturated rings. The molecule has 0 amide bonds. The van der Waals surface area contributed by atoms with Crippen molar-refractivity contribution >= 4 is 58.8 Å². The Morgan fingerprint density at radius 1 is 0.531 bits per heavy atom. The van der Waals surface area contributed by atoms with E-state index >= 15 is 0 Å². The van der Waals surface area contributed by atoms with Crippen LogP contribution in [0.2, 0.25) is 24.2 Å². The Kier molecular flexibility index (Phi) is 27.3. The number of hydrogen-bond donors (Lipinski definition) is 0. The van der Waals surface area contributed by atoms with Gasteiger partial charge in [0, 0.05) is 24.7 Å². The van der Waals surface area contributed by atoms with E-state index in [-0.39, 0.29) is 0 Å². The molecule has 2 nitrogen and oxygen atoms in total. The predicted molar refractivity (Wildman–Crippen MR) is 164 cm³/mol. The highest BCUT2D eigenvalue weighted by molar-refractivity contribution is 9.26. The van der Waals surface area contributed by atoms with Crippen LogP contribution in [0.5, 0.6) is 0 Å². The third-order valence-electron chi connectivity index (χ3n) is 6.12. The van der Waals surface area contributed by atoms with Crippen LogP contribution in [0.3, 0.4) is 0 Å². The lowest BCUT2D eigenvalue weighted by Crippen LogP contribution is -2.35. The average molecular weight is 559 g/mol. The molecule has 2 unspecified atom stereocenters. The fourth-order valence-electron chi connectivity index (χ4n) is 4.20. The fourth-order valence-corrected chi connectivity index (χ4v) is 20.4. The molecule has 0 N–H and O–H groups in total. The van der Waals surface area contributed by atoms with E-state index in [0.717, 1.165) is 13.2 Å². The van der Waals surface area contributed by atoms with Crippen molar-refractivity contribution in [3.8, 4) is 0 Å². The van der Waals surface area contributed by atoms with Crippen LogP contribution in [0.25, 0.3) is 0 Å². The molecular weight excluding hydrogens is 505 g/mol. The van der Waals surface area contributed by atoms with Gasteiger partial charge in [0.05, 0.1) is 29.0 Å². The topological polar surface area (TPSA) is 18.5 Å². The summed E-state index contributed by atoms with van der Waals surface area (Å²) in [6.45, 7) is 15.4. The highest BCUT2D eigenvalue weighted by atomic mass is 33.7. The zero-order chi connectivity index (χ0) is 23.9. The van der Waals surface area contributed by atoms with E-state index in [2.05, 4.69) is 41.5 Å². The normalized spacial score (nSPS) is 13.9. The van der Waals surface area contributed by atoms with E-state index in [9.17, 15) is 0 Å². The summed E-state index contributed by atoms with van der Waals surface area (Å²) in [5.41, 5.74) is 1.11. The maximum Gasteiger partial charge on any atom is 0.0728 e. The summed E-state index contributed by atoms with van der Waals surface area (Å²) < 4.78 is 12.6. The molecule has 0 aliphatic rings. The van der Waals surface area contributed by atoms with Gasteiger partial charge in [0.2, 0.25) is 0 Å². The van der Waals surface area contributed by atoms with Crippen LogP contribution >= 0.6 is 41.2 Å². The summed E-state index contributed by atoms with van der Waals surface area (Å²) in [4.78, 5) is 0. The zero-order valence-electron chi connectivity index (χ0n) is 22.1. The second-order valence-corrected chi connectivity index (χ2v) is 21.7. The minimum Gasteiger partial charge on any atom is -0.381 e. The standard InChI is InChI=1S/C24H54O2S4Si2/c1-7-13-17-31(18-14-8-2)23(25-11-5)21-27-29-30-28-22-24(26-12-6)32(19-15-9-3)20-16-10-4/h23-24,31-32H,7-22H2,1-6H3. The third kappa shape index (κ3) is 18.1. The molecule has 0 heterocycles. The molecular formula is C24H54O2S4Si2. The van der Waals surface area contributed by atoms with Gasteiger partial charge in [0.15, 0.2) is 0 Å². The maximum atomic E-state index is 6.28. The van der Waals surface area contributed by atoms with Crippen molar-refractivity contribution in [2.24, 2.45) is 0 Å². The summed E-state index contributed by atoms with van der Waals surface area (Å²) >= 11 is 0. The Morgan fingerprint density at radius 3 is 1.09 bits per heavy atom. The smallest absolute Gasteiger partial charge is 0.0728 e. The summed E-state index contributed by atoms with van der Waals surface area (Å²) in [7, 11) is 6.41. The highest BCUT2D eigenvalue weighted by Crippen LogP contribution is 2.44. The van der Waals surface area contributed by atoms with Crippen molar-refractivity contribution in [3.63, 3.8) is 0 Å². The molecule has 0 aromatic rings. The second kappa shape index (κ2) is 25.8. The lowest BCUT2D eigenvalue weighted by molar-refractivity contribution is 0.128. The third-order valence-corrected chi connectivity index (χ3v) is 20.8. The maximum absolute atomic E-state index is 6.28. The van der Waals surface area contributed by atoms with E-state index in [4.69, 9.17) is 9.47 Å². The molecule has 0 saturated carbocycles. The predicted octanol–water partition coefficient (Wildman–Crippen LogP) is 9.21. The SMILES string of the molecule is CCCC[SiH](CCCC)C(CSSSSCC(OCC)[SiH](CCCC)CCCC)OCC. The van der Waals surface area contributed by atoms with Crippen LogP contribution in [0.15, 0.2) is 0 Å². The molecule has 0 bridgehead atoms. The van der Waals surface area contributed by atoms with Crippen LogP contribution in [-0.2, 0) is 9.47 Å². The Labute approximate surface area is 220 Å². The molecule has 0 aromatic heterocycles. The van der Waals surface area contributed by atoms with E-state index < -0.39 is 17.6 Å². The Balaban J connectivity index is 4.46. The van der Waals surface area contributed by atoms with E-state index in [1.807, 2.05) is 41.2 Å². The van der Waals surface area contributed by atoms with Crippen molar-refractivity contribution < 1.29 is 9.47 Å². The van der Waals surface area contributed by atoms with Crippen molar-refractivity contribution in [1.82, 2.24) is 0 Å². The fraction of sp³-hybridized carbons (Fsp3) is 1.00. The number of rotatable bonds is 25. The summed E-state index contributed by atoms with van der Waals surface area (Å²) in [5, 5.41) is 0. The molecule has 0 aromatic carbocycles. The van der Waals surface area contributed by atoms with Crippen LogP contribution in [-0.4, -0.2) is 53.8 Å². The molecule has 0 saturated heterocycles. The van der Waals surface area contributed by atoms with Gasteiger partial charge in [-0.05, 0) is 33.5 Å². The molecule has 2 atom stereocenters. The van der Waals surface area contributed by atoms with Gasteiger partial charge < -0.3 is 9.47 Å². The first kappa shape index (κ1) is 33.8. The van der Waals surface area contributed by atoms with Crippen LogP contribution < -0.4 is 0 Å². The Bertz CT molecular complexity index is 334. The van der Waals surface area contributed by atoms with Crippen molar-refractivity contribution in [1.29, 1.82) is 0 Å². The van der Waals surface area contributed by atoms with Crippen molar-refractivity contribution in [2.75, 3.05) is 24.7 Å². The van der Waals surface area contributed by atoms with Crippen LogP contribution in [0, 0.1) is 0 Å². The zero-order valence-corrected chi connectivity index (χ0v) is 27.6. The van der Waals surface area contributed by atoms with Gasteiger partial charge >= 0.3 is 0 Å². The molecule has 0 spiro atoms. The molecule has 32 heavy (non-hydrogen) atoms. The number of ether oxygens (including phenoxy) is 2. The van der Waals surface area contributed by atoms with E-state index in [1.54, 1.807) is 0 Å². The molecule has 0 aliphatic heterocycles. The van der Waals surface area contributed by atoms with E-state index in [1.165, 1.54) is 87.0 Å². The molecule has 0 aliphatic carbocycles. The molecule has 0 radical (unpaired) electrons. The van der Waals surface area contributed by atoms with Crippen LogP contribution in [0.4, 0.5) is 0 Å². The highest BCUT2D eigenvalue weighted by Gasteiger charge is 2.24. The Hall–Kier alpha value is 1.75. The van der Waals surface area contributed by atoms with Gasteiger partial charge in [-0.25, -0.2) is 0 Å². The van der Waals surface area contributed by atoms with Gasteiger partial charge in [-0.3, -0.25) is 0 Å². The quantitative estimate of drug-likeness (QED) is 0.0627. The van der Waals surface area contributed by atoms with Gasteiger partial charge in [-0.15, -0.1) is 0 Å². The lowest BCUT2D eigenvalue weighted by atomic mass is 10.4. The first-order valence-electron chi connectivity index (χ1n) is 13.5. The molecule has 0 rings (SSSR count). The summed E-state index contributed by atoms with van der Waals surface area (Å²) in [6, 6.07) is 5.86. The first-order valence-corrected chi connectivity index (χ1v) is 23.2. The largest absolute Gasteiger partial charge is 0.381 e. The molecule has 194 valence electrons. The summed E-state index contributed by atoms with van der Waals surface area (Å²) in [5.74, 6) is 2.35. The summed E-state index contributed by atoms with van der Waals surface area (Å²) in [6.07, 6.45) is 10.9. The monoisotopic (exact) mass is 558 g/mol. The number of hydrogen-bond acceptors (Lipinski definition) is 6. The first-order chi connectivity index (χ1) is 15.7. The van der Waals surface area contributed by atoms with Crippen molar-refractivity contribution in [3.05, 3.63) is 0 Å². The van der Waals surface area contributed by atoms with Gasteiger partial charge in [-0.2, -0.15) is 0 Å². The Morgan fingerprint density at radius 2 is 0.844 bits per heavy atom. The van der Waals surface area contributed by atoms with Crippen molar-refractivity contribution in [2.45, 2.75) is 129 Å². The van der Waals surface area contributed by atoms with Gasteiger partial charge in [0.25, 0.3) is 0 Å². The minimum atomic E-state index is -0.809. The van der Waals surface area contributed by atoms with Gasteiger partial charge in [-0.1, -0.05) is 125 Å². The minimum absolute atomic E-state index is 0.553.